The number of nitrogens with zero attached hydrogens (tertiary/aromatic N) is 2. The van der Waals surface area contributed by atoms with E-state index in [0.29, 0.717) is 38.5 Å². The summed E-state index contributed by atoms with van der Waals surface area (Å²) in [7, 11) is 0. The van der Waals surface area contributed by atoms with Crippen LogP contribution in [0.15, 0.2) is 64.6 Å². The average molecular weight is 385 g/mol. The summed E-state index contributed by atoms with van der Waals surface area (Å²) in [5.74, 6) is 0.998. The van der Waals surface area contributed by atoms with Crippen molar-refractivity contribution >= 4 is 29.3 Å². The van der Waals surface area contributed by atoms with Crippen LogP contribution in [0.1, 0.15) is 10.6 Å². The summed E-state index contributed by atoms with van der Waals surface area (Å²) < 4.78 is 5.17. The molecular formula is C20H23N3O3S. The fourth-order valence-corrected chi connectivity index (χ4v) is 3.65. The van der Waals surface area contributed by atoms with Crippen molar-refractivity contribution < 1.29 is 14.0 Å². The van der Waals surface area contributed by atoms with Gasteiger partial charge in [-0.3, -0.25) is 14.5 Å². The van der Waals surface area contributed by atoms with Gasteiger partial charge in [-0.2, -0.15) is 0 Å². The molecule has 0 radical (unpaired) electrons. The summed E-state index contributed by atoms with van der Waals surface area (Å²) in [4.78, 5) is 29.6. The van der Waals surface area contributed by atoms with Crippen LogP contribution < -0.4 is 5.32 Å². The van der Waals surface area contributed by atoms with Crippen molar-refractivity contribution in [3.63, 3.8) is 0 Å². The second kappa shape index (κ2) is 9.43. The molecule has 1 aliphatic rings. The molecule has 7 heteroatoms. The second-order valence-electron chi connectivity index (χ2n) is 6.19. The van der Waals surface area contributed by atoms with Crippen LogP contribution in [0.4, 0.5) is 5.69 Å². The predicted molar refractivity (Wildman–Crippen MR) is 107 cm³/mol. The smallest absolute Gasteiger partial charge is 0.289 e. The predicted octanol–water partition coefficient (Wildman–Crippen LogP) is 2.95. The molecule has 27 heavy (non-hydrogen) atoms. The summed E-state index contributed by atoms with van der Waals surface area (Å²) >= 11 is 1.64. The number of amides is 2. The van der Waals surface area contributed by atoms with E-state index in [1.165, 1.54) is 6.26 Å². The number of anilines is 1. The maximum atomic E-state index is 12.4. The number of nitrogens with one attached hydrogen (secondary N) is 1. The first-order valence-corrected chi connectivity index (χ1v) is 9.83. The Bertz CT molecular complexity index is 784. The van der Waals surface area contributed by atoms with E-state index in [1.54, 1.807) is 28.8 Å². The van der Waals surface area contributed by atoms with Crippen LogP contribution >= 0.6 is 11.8 Å². The van der Waals surface area contributed by atoms with E-state index in [-0.39, 0.29) is 11.8 Å². The van der Waals surface area contributed by atoms with Crippen molar-refractivity contribution in [3.05, 3.63) is 61.1 Å². The first-order valence-electron chi connectivity index (χ1n) is 8.85. The Morgan fingerprint density at radius 2 is 1.93 bits per heavy atom. The Labute approximate surface area is 163 Å². The molecule has 0 spiro atoms. The number of rotatable bonds is 7. The first kappa shape index (κ1) is 19.3. The van der Waals surface area contributed by atoms with Crippen molar-refractivity contribution in [1.82, 2.24) is 9.80 Å². The van der Waals surface area contributed by atoms with Gasteiger partial charge in [-0.15, -0.1) is 18.3 Å². The van der Waals surface area contributed by atoms with E-state index in [4.69, 9.17) is 4.42 Å². The van der Waals surface area contributed by atoms with Gasteiger partial charge >= 0.3 is 0 Å². The van der Waals surface area contributed by atoms with E-state index in [9.17, 15) is 9.59 Å². The van der Waals surface area contributed by atoms with Crippen molar-refractivity contribution in [2.24, 2.45) is 0 Å². The van der Waals surface area contributed by atoms with Gasteiger partial charge in [-0.25, -0.2) is 0 Å². The van der Waals surface area contributed by atoms with Gasteiger partial charge in [-0.05, 0) is 24.3 Å². The molecule has 2 heterocycles. The van der Waals surface area contributed by atoms with Crippen LogP contribution in [0.3, 0.4) is 0 Å². The van der Waals surface area contributed by atoms with Crippen LogP contribution in [0.2, 0.25) is 0 Å². The molecule has 0 atom stereocenters. The van der Waals surface area contributed by atoms with Gasteiger partial charge < -0.3 is 14.6 Å². The summed E-state index contributed by atoms with van der Waals surface area (Å²) in [5.41, 5.74) is 0.820. The van der Waals surface area contributed by atoms with Crippen LogP contribution in [-0.4, -0.2) is 60.1 Å². The lowest BCUT2D eigenvalue weighted by molar-refractivity contribution is -0.117. The van der Waals surface area contributed by atoms with Crippen molar-refractivity contribution in [2.45, 2.75) is 4.90 Å². The number of thioether (sulfide) groups is 1. The lowest BCUT2D eigenvalue weighted by atomic mass is 10.2. The summed E-state index contributed by atoms with van der Waals surface area (Å²) in [6.07, 6.45) is 3.34. The number of hydrogen-bond acceptors (Lipinski definition) is 5. The van der Waals surface area contributed by atoms with Gasteiger partial charge in [0.25, 0.3) is 5.91 Å². The van der Waals surface area contributed by atoms with Crippen LogP contribution in [0, 0.1) is 0 Å². The lowest BCUT2D eigenvalue weighted by Crippen LogP contribution is -2.50. The van der Waals surface area contributed by atoms with Gasteiger partial charge in [0.1, 0.15) is 0 Å². The highest BCUT2D eigenvalue weighted by molar-refractivity contribution is 7.99. The largest absolute Gasteiger partial charge is 0.459 e. The van der Waals surface area contributed by atoms with E-state index >= 15 is 0 Å². The third kappa shape index (κ3) is 5.24. The van der Waals surface area contributed by atoms with Crippen LogP contribution in [0.25, 0.3) is 0 Å². The number of hydrogen-bond donors (Lipinski definition) is 1. The molecule has 1 N–H and O–H groups in total. The van der Waals surface area contributed by atoms with E-state index in [0.717, 1.165) is 16.3 Å². The summed E-state index contributed by atoms with van der Waals surface area (Å²) in [6.45, 7) is 6.52. The Balaban J connectivity index is 1.49. The zero-order valence-corrected chi connectivity index (χ0v) is 15.9. The van der Waals surface area contributed by atoms with E-state index < -0.39 is 0 Å². The fraction of sp³-hybridized carbons (Fsp3) is 0.300. The van der Waals surface area contributed by atoms with Gasteiger partial charge in [0, 0.05) is 36.8 Å². The molecule has 1 saturated heterocycles. The van der Waals surface area contributed by atoms with Gasteiger partial charge in [0.05, 0.1) is 18.5 Å². The molecule has 1 aromatic carbocycles. The average Bonchev–Trinajstić information content (AvgIpc) is 3.22. The fourth-order valence-electron chi connectivity index (χ4n) is 2.90. The minimum atomic E-state index is -0.0997. The Morgan fingerprint density at radius 3 is 2.63 bits per heavy atom. The molecule has 3 rings (SSSR count). The minimum Gasteiger partial charge on any atom is -0.459 e. The Kier molecular flexibility index (Phi) is 6.73. The van der Waals surface area contributed by atoms with Gasteiger partial charge in [0.2, 0.25) is 5.91 Å². The summed E-state index contributed by atoms with van der Waals surface area (Å²) in [5, 5.41) is 2.99. The lowest BCUT2D eigenvalue weighted by Gasteiger charge is -2.33. The molecule has 0 bridgehead atoms. The molecule has 2 aromatic rings. The van der Waals surface area contributed by atoms with Crippen molar-refractivity contribution in [3.8, 4) is 0 Å². The summed E-state index contributed by atoms with van der Waals surface area (Å²) in [6, 6.07) is 11.1. The highest BCUT2D eigenvalue weighted by Gasteiger charge is 2.24. The van der Waals surface area contributed by atoms with Crippen molar-refractivity contribution in [1.29, 1.82) is 0 Å². The third-order valence-electron chi connectivity index (χ3n) is 4.28. The molecule has 2 amide bonds. The Hall–Kier alpha value is -2.51. The molecule has 142 valence electrons. The zero-order valence-electron chi connectivity index (χ0n) is 15.1. The van der Waals surface area contributed by atoms with E-state index in [2.05, 4.69) is 16.8 Å². The zero-order chi connectivity index (χ0) is 19.1. The molecule has 0 unspecified atom stereocenters. The normalized spacial score (nSPS) is 14.7. The molecule has 6 nitrogen and oxygen atoms in total. The van der Waals surface area contributed by atoms with Gasteiger partial charge in [0.15, 0.2) is 5.76 Å². The highest BCUT2D eigenvalue weighted by atomic mass is 32.2. The molecule has 1 fully saturated rings. The Morgan fingerprint density at radius 1 is 1.15 bits per heavy atom. The topological polar surface area (TPSA) is 65.8 Å². The van der Waals surface area contributed by atoms with Crippen molar-refractivity contribution in [2.75, 3.05) is 43.8 Å². The number of furan rings is 1. The maximum Gasteiger partial charge on any atom is 0.289 e. The quantitative estimate of drug-likeness (QED) is 0.586. The minimum absolute atomic E-state index is 0.0486. The number of carbonyl (C=O) groups is 2. The third-order valence-corrected chi connectivity index (χ3v) is 5.35. The highest BCUT2D eigenvalue weighted by Crippen LogP contribution is 2.26. The van der Waals surface area contributed by atoms with E-state index in [1.807, 2.05) is 30.3 Å². The second-order valence-corrected chi connectivity index (χ2v) is 7.25. The number of benzene rings is 1. The maximum absolute atomic E-state index is 12.4. The van der Waals surface area contributed by atoms with Gasteiger partial charge in [-0.1, -0.05) is 18.2 Å². The number of para-hydroxylation sites is 1. The van der Waals surface area contributed by atoms with Crippen LogP contribution in [-0.2, 0) is 4.79 Å². The molecular weight excluding hydrogens is 362 g/mol. The SMILES string of the molecule is C=CCSc1ccccc1NC(=O)CN1CCN(C(=O)c2ccco2)CC1. The first-order chi connectivity index (χ1) is 13.2. The molecule has 0 aliphatic carbocycles. The molecule has 0 saturated carbocycles. The number of carbonyl (C=O) groups excluding carboxylic acids is 2. The molecule has 1 aliphatic heterocycles. The molecule has 1 aromatic heterocycles. The number of piperazine rings is 1. The standard InChI is InChI=1S/C20H23N3O3S/c1-2-14-27-18-8-4-3-6-16(18)21-19(24)15-22-9-11-23(12-10-22)20(25)17-7-5-13-26-17/h2-8,13H,1,9-12,14-15H2,(H,21,24). The van der Waals surface area contributed by atoms with Crippen LogP contribution in [0.5, 0.6) is 0 Å². The monoisotopic (exact) mass is 385 g/mol.